The highest BCUT2D eigenvalue weighted by Crippen LogP contribution is 2.33. The first-order chi connectivity index (χ1) is 9.36. The molecule has 0 amide bonds. The molecule has 0 aromatic heterocycles. The Labute approximate surface area is 114 Å². The van der Waals surface area contributed by atoms with Gasteiger partial charge >= 0.3 is 0 Å². The van der Waals surface area contributed by atoms with Crippen LogP contribution < -0.4 is 19.7 Å². The van der Waals surface area contributed by atoms with Crippen molar-refractivity contribution in [3.05, 3.63) is 18.2 Å². The summed E-state index contributed by atoms with van der Waals surface area (Å²) in [5, 5.41) is 3.54. The molecule has 0 spiro atoms. The molecular formula is C15H22N2O2. The standard InChI is InChI=1S/C15H22N2O2/c1-2-12-11-17(7-6-16-12)13-4-5-14-15(10-13)19-9-3-8-18-14/h4-5,10,12,16H,2-3,6-9,11H2,1H3. The molecule has 1 saturated heterocycles. The average Bonchev–Trinajstić information content (AvgIpc) is 2.71. The molecular weight excluding hydrogens is 240 g/mol. The van der Waals surface area contributed by atoms with E-state index >= 15 is 0 Å². The number of nitrogens with one attached hydrogen (secondary N) is 1. The Kier molecular flexibility index (Phi) is 3.78. The predicted octanol–water partition coefficient (Wildman–Crippen LogP) is 2.04. The van der Waals surface area contributed by atoms with Gasteiger partial charge in [-0.15, -0.1) is 0 Å². The molecule has 2 aliphatic heterocycles. The summed E-state index contributed by atoms with van der Waals surface area (Å²) in [5.41, 5.74) is 1.24. The van der Waals surface area contributed by atoms with Crippen molar-refractivity contribution < 1.29 is 9.47 Å². The van der Waals surface area contributed by atoms with Crippen molar-refractivity contribution in [2.75, 3.05) is 37.7 Å². The molecule has 104 valence electrons. The summed E-state index contributed by atoms with van der Waals surface area (Å²) in [5.74, 6) is 1.77. The molecule has 3 rings (SSSR count). The van der Waals surface area contributed by atoms with Crippen LogP contribution >= 0.6 is 0 Å². The second-order valence-electron chi connectivity index (χ2n) is 5.19. The van der Waals surface area contributed by atoms with E-state index in [0.717, 1.165) is 50.8 Å². The van der Waals surface area contributed by atoms with Gasteiger partial charge < -0.3 is 19.7 Å². The maximum absolute atomic E-state index is 5.77. The Morgan fingerprint density at radius 1 is 1.26 bits per heavy atom. The minimum Gasteiger partial charge on any atom is -0.490 e. The zero-order valence-corrected chi connectivity index (χ0v) is 11.5. The predicted molar refractivity (Wildman–Crippen MR) is 76.3 cm³/mol. The van der Waals surface area contributed by atoms with Crippen molar-refractivity contribution in [2.24, 2.45) is 0 Å². The van der Waals surface area contributed by atoms with Crippen LogP contribution in [0.2, 0.25) is 0 Å². The number of ether oxygens (including phenoxy) is 2. The van der Waals surface area contributed by atoms with Gasteiger partial charge in [0.1, 0.15) is 0 Å². The van der Waals surface area contributed by atoms with E-state index in [-0.39, 0.29) is 0 Å². The third-order valence-electron chi connectivity index (χ3n) is 3.84. The molecule has 1 atom stereocenters. The fraction of sp³-hybridized carbons (Fsp3) is 0.600. The molecule has 0 radical (unpaired) electrons. The molecule has 4 nitrogen and oxygen atoms in total. The molecule has 2 aliphatic rings. The van der Waals surface area contributed by atoms with E-state index in [1.54, 1.807) is 0 Å². The number of rotatable bonds is 2. The molecule has 2 heterocycles. The van der Waals surface area contributed by atoms with Gasteiger partial charge in [0, 0.05) is 43.9 Å². The average molecular weight is 262 g/mol. The number of anilines is 1. The van der Waals surface area contributed by atoms with E-state index in [2.05, 4.69) is 29.3 Å². The number of piperazine rings is 1. The Balaban J connectivity index is 1.79. The maximum atomic E-state index is 5.77. The van der Waals surface area contributed by atoms with Gasteiger partial charge in [-0.1, -0.05) is 6.92 Å². The third-order valence-corrected chi connectivity index (χ3v) is 3.84. The van der Waals surface area contributed by atoms with Gasteiger partial charge in [0.15, 0.2) is 11.5 Å². The Morgan fingerprint density at radius 2 is 2.11 bits per heavy atom. The topological polar surface area (TPSA) is 33.7 Å². The van der Waals surface area contributed by atoms with Crippen LogP contribution in [0.1, 0.15) is 19.8 Å². The molecule has 19 heavy (non-hydrogen) atoms. The lowest BCUT2D eigenvalue weighted by Gasteiger charge is -2.35. The summed E-state index contributed by atoms with van der Waals surface area (Å²) in [4.78, 5) is 2.43. The molecule has 1 aromatic rings. The minimum atomic E-state index is 0.588. The monoisotopic (exact) mass is 262 g/mol. The summed E-state index contributed by atoms with van der Waals surface area (Å²) in [6.07, 6.45) is 2.12. The van der Waals surface area contributed by atoms with Crippen molar-refractivity contribution in [2.45, 2.75) is 25.8 Å². The first-order valence-electron chi connectivity index (χ1n) is 7.25. The molecule has 1 N–H and O–H groups in total. The Hall–Kier alpha value is -1.42. The Bertz CT molecular complexity index is 436. The molecule has 0 bridgehead atoms. The zero-order chi connectivity index (χ0) is 13.1. The van der Waals surface area contributed by atoms with Gasteiger partial charge in [-0.25, -0.2) is 0 Å². The number of nitrogens with zero attached hydrogens (tertiary/aromatic N) is 1. The lowest BCUT2D eigenvalue weighted by atomic mass is 10.1. The van der Waals surface area contributed by atoms with E-state index in [1.807, 2.05) is 6.07 Å². The van der Waals surface area contributed by atoms with Crippen molar-refractivity contribution in [3.8, 4) is 11.5 Å². The molecule has 0 aliphatic carbocycles. The number of hydrogen-bond donors (Lipinski definition) is 1. The van der Waals surface area contributed by atoms with Crippen LogP contribution in [-0.4, -0.2) is 38.9 Å². The molecule has 4 heteroatoms. The highest BCUT2D eigenvalue weighted by Gasteiger charge is 2.19. The minimum absolute atomic E-state index is 0.588. The van der Waals surface area contributed by atoms with Crippen LogP contribution in [0.15, 0.2) is 18.2 Å². The molecule has 1 aromatic carbocycles. The van der Waals surface area contributed by atoms with Crippen molar-refractivity contribution >= 4 is 5.69 Å². The zero-order valence-electron chi connectivity index (χ0n) is 11.5. The fourth-order valence-corrected chi connectivity index (χ4v) is 2.68. The van der Waals surface area contributed by atoms with Crippen molar-refractivity contribution in [1.29, 1.82) is 0 Å². The van der Waals surface area contributed by atoms with Crippen LogP contribution in [0.4, 0.5) is 5.69 Å². The summed E-state index contributed by atoms with van der Waals surface area (Å²) in [7, 11) is 0. The summed E-state index contributed by atoms with van der Waals surface area (Å²) in [6.45, 7) is 6.89. The second kappa shape index (κ2) is 5.70. The van der Waals surface area contributed by atoms with Crippen molar-refractivity contribution in [3.63, 3.8) is 0 Å². The number of benzene rings is 1. The van der Waals surface area contributed by atoms with Crippen LogP contribution in [0.5, 0.6) is 11.5 Å². The molecule has 1 unspecified atom stereocenters. The first-order valence-corrected chi connectivity index (χ1v) is 7.25. The van der Waals surface area contributed by atoms with Crippen molar-refractivity contribution in [1.82, 2.24) is 5.32 Å². The van der Waals surface area contributed by atoms with Gasteiger partial charge in [-0.05, 0) is 18.6 Å². The van der Waals surface area contributed by atoms with Gasteiger partial charge in [0.05, 0.1) is 13.2 Å². The van der Waals surface area contributed by atoms with E-state index in [1.165, 1.54) is 12.1 Å². The van der Waals surface area contributed by atoms with Gasteiger partial charge in [-0.3, -0.25) is 0 Å². The number of hydrogen-bond acceptors (Lipinski definition) is 4. The molecule has 0 saturated carbocycles. The lowest BCUT2D eigenvalue weighted by molar-refractivity contribution is 0.297. The van der Waals surface area contributed by atoms with Gasteiger partial charge in [-0.2, -0.15) is 0 Å². The smallest absolute Gasteiger partial charge is 0.163 e. The SMILES string of the molecule is CCC1CN(c2ccc3c(c2)OCCCO3)CCN1. The van der Waals surface area contributed by atoms with Crippen LogP contribution in [0, 0.1) is 0 Å². The summed E-state index contributed by atoms with van der Waals surface area (Å²) in [6, 6.07) is 6.90. The van der Waals surface area contributed by atoms with Crippen LogP contribution in [0.3, 0.4) is 0 Å². The maximum Gasteiger partial charge on any atom is 0.163 e. The normalized spacial score (nSPS) is 23.0. The first kappa shape index (κ1) is 12.6. The van der Waals surface area contributed by atoms with Gasteiger partial charge in [0.25, 0.3) is 0 Å². The van der Waals surface area contributed by atoms with E-state index in [9.17, 15) is 0 Å². The summed E-state index contributed by atoms with van der Waals surface area (Å²) >= 11 is 0. The molecule has 1 fully saturated rings. The Morgan fingerprint density at radius 3 is 2.95 bits per heavy atom. The summed E-state index contributed by atoms with van der Waals surface area (Å²) < 4.78 is 11.4. The lowest BCUT2D eigenvalue weighted by Crippen LogP contribution is -2.50. The van der Waals surface area contributed by atoms with Crippen LogP contribution in [-0.2, 0) is 0 Å². The third kappa shape index (κ3) is 2.78. The van der Waals surface area contributed by atoms with E-state index < -0.39 is 0 Å². The van der Waals surface area contributed by atoms with E-state index in [0.29, 0.717) is 6.04 Å². The van der Waals surface area contributed by atoms with E-state index in [4.69, 9.17) is 9.47 Å². The van der Waals surface area contributed by atoms with Crippen LogP contribution in [0.25, 0.3) is 0 Å². The number of fused-ring (bicyclic) bond motifs is 1. The fourth-order valence-electron chi connectivity index (χ4n) is 2.68. The largest absolute Gasteiger partial charge is 0.490 e. The van der Waals surface area contributed by atoms with Gasteiger partial charge in [0.2, 0.25) is 0 Å². The second-order valence-corrected chi connectivity index (χ2v) is 5.19. The highest BCUT2D eigenvalue weighted by atomic mass is 16.5. The highest BCUT2D eigenvalue weighted by molar-refractivity contribution is 5.57. The quantitative estimate of drug-likeness (QED) is 0.884.